The summed E-state index contributed by atoms with van der Waals surface area (Å²) in [6, 6.07) is 13.6. The van der Waals surface area contributed by atoms with Gasteiger partial charge in [-0.2, -0.15) is 13.2 Å². The van der Waals surface area contributed by atoms with Crippen molar-refractivity contribution in [1.29, 1.82) is 0 Å². The number of hydrogen-bond donors (Lipinski definition) is 1. The van der Waals surface area contributed by atoms with Gasteiger partial charge in [-0.25, -0.2) is 4.39 Å². The fourth-order valence-electron chi connectivity index (χ4n) is 5.62. The van der Waals surface area contributed by atoms with Gasteiger partial charge in [-0.1, -0.05) is 49.6 Å². The Morgan fingerprint density at radius 3 is 2.28 bits per heavy atom. The Labute approximate surface area is 210 Å². The van der Waals surface area contributed by atoms with Crippen LogP contribution in [0.5, 0.6) is 5.75 Å². The first kappa shape index (κ1) is 26.7. The fourth-order valence-corrected chi connectivity index (χ4v) is 5.62. The number of anilines is 1. The molecular formula is C28H36F4N2O2. The molecule has 1 aliphatic heterocycles. The Morgan fingerprint density at radius 1 is 0.917 bits per heavy atom. The van der Waals surface area contributed by atoms with Crippen LogP contribution in [0.2, 0.25) is 0 Å². The van der Waals surface area contributed by atoms with Crippen LogP contribution < -0.4 is 9.64 Å². The van der Waals surface area contributed by atoms with Gasteiger partial charge in [0.05, 0.1) is 11.8 Å². The van der Waals surface area contributed by atoms with Crippen LogP contribution >= 0.6 is 0 Å². The van der Waals surface area contributed by atoms with Gasteiger partial charge in [0, 0.05) is 32.1 Å². The van der Waals surface area contributed by atoms with Gasteiger partial charge in [0.15, 0.2) is 6.61 Å². The summed E-state index contributed by atoms with van der Waals surface area (Å²) in [6.45, 7) is 2.19. The molecule has 0 amide bonds. The maximum atomic E-state index is 14.7. The number of halogens is 4. The van der Waals surface area contributed by atoms with E-state index >= 15 is 0 Å². The van der Waals surface area contributed by atoms with Gasteiger partial charge in [0.25, 0.3) is 0 Å². The lowest BCUT2D eigenvalue weighted by Crippen LogP contribution is -2.47. The third-order valence-corrected chi connectivity index (χ3v) is 7.58. The molecule has 1 saturated heterocycles. The van der Waals surface area contributed by atoms with Gasteiger partial charge < -0.3 is 14.7 Å². The molecule has 2 aliphatic rings. The van der Waals surface area contributed by atoms with Crippen LogP contribution in [-0.2, 0) is 0 Å². The molecular weight excluding hydrogens is 472 g/mol. The van der Waals surface area contributed by atoms with Gasteiger partial charge >= 0.3 is 6.18 Å². The summed E-state index contributed by atoms with van der Waals surface area (Å²) in [5, 5.41) is 11.3. The molecule has 4 rings (SSSR count). The van der Waals surface area contributed by atoms with Crippen LogP contribution in [0, 0.1) is 11.7 Å². The monoisotopic (exact) mass is 508 g/mol. The largest absolute Gasteiger partial charge is 0.482 e. The van der Waals surface area contributed by atoms with Gasteiger partial charge in [-0.15, -0.1) is 0 Å². The van der Waals surface area contributed by atoms with E-state index in [4.69, 9.17) is 4.74 Å². The average molecular weight is 509 g/mol. The van der Waals surface area contributed by atoms with Gasteiger partial charge in [-0.05, 0) is 55.5 Å². The smallest absolute Gasteiger partial charge is 0.422 e. The van der Waals surface area contributed by atoms with Crippen molar-refractivity contribution in [2.45, 2.75) is 56.7 Å². The summed E-state index contributed by atoms with van der Waals surface area (Å²) in [6.07, 6.45) is 1.10. The molecule has 2 unspecified atom stereocenters. The van der Waals surface area contributed by atoms with Crippen LogP contribution in [0.25, 0.3) is 0 Å². The lowest BCUT2D eigenvalue weighted by Gasteiger charge is -2.38. The Kier molecular flexibility index (Phi) is 9.12. The van der Waals surface area contributed by atoms with Crippen molar-refractivity contribution in [3.05, 3.63) is 59.9 Å². The second kappa shape index (κ2) is 12.3. The molecule has 0 bridgehead atoms. The number of alkyl halides is 3. The zero-order valence-corrected chi connectivity index (χ0v) is 20.6. The molecule has 0 radical (unpaired) electrons. The van der Waals surface area contributed by atoms with Crippen LogP contribution in [0.1, 0.15) is 50.0 Å². The Hall–Kier alpha value is -2.32. The normalized spacial score (nSPS) is 19.8. The van der Waals surface area contributed by atoms with E-state index in [1.807, 2.05) is 11.0 Å². The first-order valence-electron chi connectivity index (χ1n) is 13.0. The summed E-state index contributed by atoms with van der Waals surface area (Å²) in [5.41, 5.74) is 1.25. The molecule has 0 aromatic heterocycles. The lowest BCUT2D eigenvalue weighted by molar-refractivity contribution is -0.153. The first-order chi connectivity index (χ1) is 17.3. The van der Waals surface area contributed by atoms with Crippen molar-refractivity contribution in [1.82, 2.24) is 4.90 Å². The van der Waals surface area contributed by atoms with Gasteiger partial charge in [0.1, 0.15) is 11.6 Å². The SMILES string of the molecule is OC(C1CCCCC1)C(CCN1CCN(c2ccccc2OCC(F)(F)F)CC1)c1ccccc1F. The molecule has 1 N–H and O–H groups in total. The number of aliphatic hydroxyl groups excluding tert-OH is 1. The number of hydrogen-bond acceptors (Lipinski definition) is 4. The molecule has 2 aromatic rings. The lowest BCUT2D eigenvalue weighted by atomic mass is 9.77. The third kappa shape index (κ3) is 7.13. The number of rotatable bonds is 9. The van der Waals surface area contributed by atoms with Crippen molar-refractivity contribution >= 4 is 5.69 Å². The van der Waals surface area contributed by atoms with Gasteiger partial charge in [0.2, 0.25) is 0 Å². The zero-order valence-electron chi connectivity index (χ0n) is 20.6. The molecule has 198 valence electrons. The zero-order chi connectivity index (χ0) is 25.5. The maximum Gasteiger partial charge on any atom is 0.422 e. The quantitative estimate of drug-likeness (QED) is 0.421. The van der Waals surface area contributed by atoms with Crippen molar-refractivity contribution in [2.24, 2.45) is 5.92 Å². The van der Waals surface area contributed by atoms with Crippen molar-refractivity contribution in [3.63, 3.8) is 0 Å². The molecule has 2 aromatic carbocycles. The number of para-hydroxylation sites is 2. The van der Waals surface area contributed by atoms with E-state index in [9.17, 15) is 22.7 Å². The van der Waals surface area contributed by atoms with E-state index in [-0.39, 0.29) is 23.4 Å². The van der Waals surface area contributed by atoms with E-state index in [0.717, 1.165) is 45.3 Å². The third-order valence-electron chi connectivity index (χ3n) is 7.58. The molecule has 2 atom stereocenters. The number of benzene rings is 2. The Balaban J connectivity index is 1.36. The molecule has 0 spiro atoms. The topological polar surface area (TPSA) is 35.9 Å². The van der Waals surface area contributed by atoms with E-state index < -0.39 is 18.9 Å². The minimum absolute atomic E-state index is 0.202. The Bertz CT molecular complexity index is 957. The van der Waals surface area contributed by atoms with Crippen LogP contribution in [0.4, 0.5) is 23.2 Å². The fraction of sp³-hybridized carbons (Fsp3) is 0.571. The summed E-state index contributed by atoms with van der Waals surface area (Å²) in [5.74, 6) is -0.0895. The highest BCUT2D eigenvalue weighted by molar-refractivity contribution is 5.58. The van der Waals surface area contributed by atoms with Crippen LogP contribution in [0.3, 0.4) is 0 Å². The summed E-state index contributed by atoms with van der Waals surface area (Å²) < 4.78 is 57.8. The summed E-state index contributed by atoms with van der Waals surface area (Å²) in [4.78, 5) is 4.34. The van der Waals surface area contributed by atoms with Crippen molar-refractivity contribution < 1.29 is 27.4 Å². The molecule has 36 heavy (non-hydrogen) atoms. The Morgan fingerprint density at radius 2 is 1.58 bits per heavy atom. The van der Waals surface area contributed by atoms with E-state index in [1.165, 1.54) is 12.5 Å². The number of piperazine rings is 1. The van der Waals surface area contributed by atoms with Gasteiger partial charge in [-0.3, -0.25) is 4.90 Å². The standard InChI is InChI=1S/C28H36F4N2O2/c29-24-11-5-4-10-22(24)23(27(35)21-8-2-1-3-9-21)14-15-33-16-18-34(19-17-33)25-12-6-7-13-26(25)36-20-28(30,31)32/h4-7,10-13,21,23,27,35H,1-3,8-9,14-20H2. The molecule has 1 heterocycles. The summed E-state index contributed by atoms with van der Waals surface area (Å²) in [7, 11) is 0. The van der Waals surface area contributed by atoms with Crippen LogP contribution in [0.15, 0.2) is 48.5 Å². The van der Waals surface area contributed by atoms with Crippen LogP contribution in [-0.4, -0.2) is 61.6 Å². The molecule has 1 aliphatic carbocycles. The number of aliphatic hydroxyl groups is 1. The minimum Gasteiger partial charge on any atom is -0.482 e. The predicted octanol–water partition coefficient (Wildman–Crippen LogP) is 6.00. The highest BCUT2D eigenvalue weighted by atomic mass is 19.4. The van der Waals surface area contributed by atoms with Crippen molar-refractivity contribution in [3.8, 4) is 5.75 Å². The van der Waals surface area contributed by atoms with E-state index in [2.05, 4.69) is 4.90 Å². The first-order valence-corrected chi connectivity index (χ1v) is 13.0. The highest BCUT2D eigenvalue weighted by Crippen LogP contribution is 2.37. The number of nitrogens with zero attached hydrogens (tertiary/aromatic N) is 2. The average Bonchev–Trinajstić information content (AvgIpc) is 2.89. The van der Waals surface area contributed by atoms with E-state index in [0.29, 0.717) is 30.8 Å². The second-order valence-electron chi connectivity index (χ2n) is 10.0. The summed E-state index contributed by atoms with van der Waals surface area (Å²) >= 11 is 0. The molecule has 8 heteroatoms. The highest BCUT2D eigenvalue weighted by Gasteiger charge is 2.32. The second-order valence-corrected chi connectivity index (χ2v) is 10.0. The molecule has 1 saturated carbocycles. The van der Waals surface area contributed by atoms with E-state index in [1.54, 1.807) is 36.4 Å². The maximum absolute atomic E-state index is 14.7. The number of ether oxygens (including phenoxy) is 1. The molecule has 2 fully saturated rings. The van der Waals surface area contributed by atoms with Crippen molar-refractivity contribution in [2.75, 3.05) is 44.2 Å². The predicted molar refractivity (Wildman–Crippen MR) is 133 cm³/mol. The molecule has 4 nitrogen and oxygen atoms in total. The minimum atomic E-state index is -4.39.